The first-order valence-corrected chi connectivity index (χ1v) is 10.7. The van der Waals surface area contributed by atoms with E-state index in [-0.39, 0.29) is 18.1 Å². The number of ether oxygens (including phenoxy) is 2. The highest BCUT2D eigenvalue weighted by Gasteiger charge is 2.25. The smallest absolute Gasteiger partial charge is 0.251 e. The van der Waals surface area contributed by atoms with Crippen LogP contribution in [0.3, 0.4) is 0 Å². The van der Waals surface area contributed by atoms with E-state index in [2.05, 4.69) is 22.3 Å². The lowest BCUT2D eigenvalue weighted by atomic mass is 10.0. The molecule has 0 spiro atoms. The van der Waals surface area contributed by atoms with Crippen LogP contribution >= 0.6 is 0 Å². The zero-order chi connectivity index (χ0) is 21.8. The maximum atomic E-state index is 12.5. The monoisotopic (exact) mass is 419 g/mol. The van der Waals surface area contributed by atoms with Crippen molar-refractivity contribution in [2.24, 2.45) is 0 Å². The van der Waals surface area contributed by atoms with E-state index >= 15 is 0 Å². The van der Waals surface area contributed by atoms with Crippen molar-refractivity contribution in [3.8, 4) is 5.75 Å². The van der Waals surface area contributed by atoms with Crippen LogP contribution < -0.4 is 10.1 Å². The van der Waals surface area contributed by atoms with Gasteiger partial charge in [0.25, 0.3) is 5.91 Å². The summed E-state index contributed by atoms with van der Waals surface area (Å²) in [7, 11) is 1.65. The number of benzene rings is 2. The van der Waals surface area contributed by atoms with E-state index in [0.29, 0.717) is 18.7 Å². The number of carbonyl (C=O) groups is 1. The molecule has 1 unspecified atom stereocenters. The van der Waals surface area contributed by atoms with Crippen molar-refractivity contribution in [3.63, 3.8) is 0 Å². The molecule has 1 aliphatic rings. The normalized spacial score (nSPS) is 17.1. The molecular formula is C25H29N3O3. The molecule has 2 aromatic carbocycles. The summed E-state index contributed by atoms with van der Waals surface area (Å²) in [5.74, 6) is 0.776. The highest BCUT2D eigenvalue weighted by atomic mass is 16.5. The fourth-order valence-corrected chi connectivity index (χ4v) is 3.96. The van der Waals surface area contributed by atoms with Crippen LogP contribution in [0.5, 0.6) is 5.75 Å². The van der Waals surface area contributed by atoms with Crippen LogP contribution in [0.2, 0.25) is 0 Å². The zero-order valence-electron chi connectivity index (χ0n) is 18.3. The van der Waals surface area contributed by atoms with Crippen molar-refractivity contribution in [3.05, 3.63) is 71.4 Å². The van der Waals surface area contributed by atoms with Gasteiger partial charge in [0.15, 0.2) is 0 Å². The predicted octanol–water partition coefficient (Wildman–Crippen LogP) is 3.96. The Morgan fingerprint density at radius 2 is 2.06 bits per heavy atom. The molecule has 3 aromatic rings. The Morgan fingerprint density at radius 1 is 1.23 bits per heavy atom. The van der Waals surface area contributed by atoms with E-state index in [1.807, 2.05) is 56.3 Å². The first kappa shape index (κ1) is 21.3. The lowest BCUT2D eigenvalue weighted by Crippen LogP contribution is -2.38. The van der Waals surface area contributed by atoms with Crippen molar-refractivity contribution in [1.82, 2.24) is 15.2 Å². The van der Waals surface area contributed by atoms with Gasteiger partial charge in [-0.05, 0) is 43.7 Å². The van der Waals surface area contributed by atoms with Crippen molar-refractivity contribution in [2.75, 3.05) is 26.7 Å². The third-order valence-corrected chi connectivity index (χ3v) is 5.36. The van der Waals surface area contributed by atoms with Crippen molar-refractivity contribution in [1.29, 1.82) is 0 Å². The van der Waals surface area contributed by atoms with Gasteiger partial charge in [-0.15, -0.1) is 0 Å². The van der Waals surface area contributed by atoms with E-state index < -0.39 is 0 Å². The van der Waals surface area contributed by atoms with Gasteiger partial charge in [-0.25, -0.2) is 4.98 Å². The molecule has 0 saturated carbocycles. The number of carbonyl (C=O) groups excluding carboxylic acids is 1. The van der Waals surface area contributed by atoms with Crippen LogP contribution in [-0.4, -0.2) is 48.6 Å². The summed E-state index contributed by atoms with van der Waals surface area (Å²) < 4.78 is 11.9. The van der Waals surface area contributed by atoms with Crippen LogP contribution in [0, 0.1) is 0 Å². The summed E-state index contributed by atoms with van der Waals surface area (Å²) in [4.78, 5) is 19.6. The molecule has 1 aromatic heterocycles. The molecular weight excluding hydrogens is 390 g/mol. The molecule has 1 amide bonds. The first-order valence-electron chi connectivity index (χ1n) is 10.7. The number of nitrogens with one attached hydrogen (secondary N) is 1. The van der Waals surface area contributed by atoms with E-state index in [0.717, 1.165) is 35.4 Å². The molecule has 2 heterocycles. The third kappa shape index (κ3) is 5.03. The first-order chi connectivity index (χ1) is 15.0. The predicted molar refractivity (Wildman–Crippen MR) is 121 cm³/mol. The van der Waals surface area contributed by atoms with Crippen LogP contribution in [0.1, 0.15) is 41.6 Å². The second-order valence-corrected chi connectivity index (χ2v) is 8.10. The average molecular weight is 420 g/mol. The van der Waals surface area contributed by atoms with Gasteiger partial charge in [-0.1, -0.05) is 30.3 Å². The molecule has 1 N–H and O–H groups in total. The molecule has 0 bridgehead atoms. The van der Waals surface area contributed by atoms with Gasteiger partial charge in [-0.2, -0.15) is 0 Å². The topological polar surface area (TPSA) is 63.7 Å². The van der Waals surface area contributed by atoms with Crippen LogP contribution in [0.15, 0.2) is 54.6 Å². The Balaban J connectivity index is 1.55. The third-order valence-electron chi connectivity index (χ3n) is 5.36. The molecule has 1 aliphatic heterocycles. The van der Waals surface area contributed by atoms with E-state index in [9.17, 15) is 4.79 Å². The molecule has 0 radical (unpaired) electrons. The highest BCUT2D eigenvalue weighted by molar-refractivity contribution is 6.06. The van der Waals surface area contributed by atoms with E-state index in [1.54, 1.807) is 7.05 Å². The highest BCUT2D eigenvalue weighted by Crippen LogP contribution is 2.27. The lowest BCUT2D eigenvalue weighted by molar-refractivity contribution is -0.0348. The van der Waals surface area contributed by atoms with E-state index in [4.69, 9.17) is 14.5 Å². The summed E-state index contributed by atoms with van der Waals surface area (Å²) in [6.07, 6.45) is -0.0339. The Morgan fingerprint density at radius 3 is 2.87 bits per heavy atom. The zero-order valence-corrected chi connectivity index (χ0v) is 18.3. The van der Waals surface area contributed by atoms with Gasteiger partial charge in [-0.3, -0.25) is 9.69 Å². The molecule has 4 rings (SSSR count). The Kier molecular flexibility index (Phi) is 6.49. The molecule has 162 valence electrons. The molecule has 1 atom stereocenters. The van der Waals surface area contributed by atoms with Gasteiger partial charge in [0, 0.05) is 32.1 Å². The number of hydrogen-bond acceptors (Lipinski definition) is 5. The Hall–Kier alpha value is -2.96. The summed E-state index contributed by atoms with van der Waals surface area (Å²) in [5.41, 5.74) is 3.43. The largest absolute Gasteiger partial charge is 0.491 e. The molecule has 6 heteroatoms. The standard InChI is InChI=1S/C25H29N3O3/c1-17(2)31-19-8-6-7-18(13-19)15-28-11-12-30-24(16-28)23-14-21(25(29)26-3)20-9-4-5-10-22(20)27-23/h4-10,13-14,17,24H,11-12,15-16H2,1-3H3,(H,26,29). The number of fused-ring (bicyclic) bond motifs is 1. The fraction of sp³-hybridized carbons (Fsp3) is 0.360. The van der Waals surface area contributed by atoms with Crippen molar-refractivity contribution in [2.45, 2.75) is 32.6 Å². The lowest BCUT2D eigenvalue weighted by Gasteiger charge is -2.33. The molecule has 1 saturated heterocycles. The number of pyridine rings is 1. The fourth-order valence-electron chi connectivity index (χ4n) is 3.96. The molecule has 1 fully saturated rings. The number of aromatic nitrogens is 1. The number of amides is 1. The average Bonchev–Trinajstić information content (AvgIpc) is 2.78. The summed E-state index contributed by atoms with van der Waals surface area (Å²) in [6, 6.07) is 17.8. The number of hydrogen-bond donors (Lipinski definition) is 1. The van der Waals surface area contributed by atoms with Gasteiger partial charge in [0.05, 0.1) is 29.5 Å². The van der Waals surface area contributed by atoms with Gasteiger partial charge < -0.3 is 14.8 Å². The maximum absolute atomic E-state index is 12.5. The van der Waals surface area contributed by atoms with E-state index in [1.165, 1.54) is 5.56 Å². The van der Waals surface area contributed by atoms with Gasteiger partial charge in [0.1, 0.15) is 11.9 Å². The van der Waals surface area contributed by atoms with Crippen molar-refractivity contribution >= 4 is 16.8 Å². The minimum absolute atomic E-state index is 0.116. The number of nitrogens with zero attached hydrogens (tertiary/aromatic N) is 2. The summed E-state index contributed by atoms with van der Waals surface area (Å²) in [6.45, 7) is 7.06. The van der Waals surface area contributed by atoms with Crippen LogP contribution in [0.4, 0.5) is 0 Å². The number of rotatable bonds is 6. The number of para-hydroxylation sites is 1. The minimum Gasteiger partial charge on any atom is -0.491 e. The van der Waals surface area contributed by atoms with Crippen LogP contribution in [0.25, 0.3) is 10.9 Å². The summed E-state index contributed by atoms with van der Waals surface area (Å²) >= 11 is 0. The van der Waals surface area contributed by atoms with Crippen molar-refractivity contribution < 1.29 is 14.3 Å². The second kappa shape index (κ2) is 9.45. The summed E-state index contributed by atoms with van der Waals surface area (Å²) in [5, 5.41) is 3.58. The molecule has 6 nitrogen and oxygen atoms in total. The second-order valence-electron chi connectivity index (χ2n) is 8.10. The maximum Gasteiger partial charge on any atom is 0.251 e. The quantitative estimate of drug-likeness (QED) is 0.655. The molecule has 31 heavy (non-hydrogen) atoms. The van der Waals surface area contributed by atoms with Gasteiger partial charge in [0.2, 0.25) is 0 Å². The Bertz CT molecular complexity index is 1070. The molecule has 0 aliphatic carbocycles. The van der Waals surface area contributed by atoms with Gasteiger partial charge >= 0.3 is 0 Å². The minimum atomic E-state index is -0.183. The Labute approximate surface area is 183 Å². The SMILES string of the molecule is CNC(=O)c1cc(C2CN(Cc3cccc(OC(C)C)c3)CCO2)nc2ccccc12. The van der Waals surface area contributed by atoms with Crippen LogP contribution in [-0.2, 0) is 11.3 Å². The number of morpholine rings is 1.